The van der Waals surface area contributed by atoms with E-state index in [2.05, 4.69) is 9.47 Å². The van der Waals surface area contributed by atoms with Gasteiger partial charge in [-0.15, -0.1) is 13.2 Å². The smallest absolute Gasteiger partial charge is 0.468 e. The Labute approximate surface area is 149 Å². The first-order valence-electron chi connectivity index (χ1n) is 7.34. The highest BCUT2D eigenvalue weighted by molar-refractivity contribution is 7.89. The fourth-order valence-electron chi connectivity index (χ4n) is 1.76. The number of benzene rings is 1. The molecule has 1 N–H and O–H groups in total. The molecular weight excluding hydrogens is 379 g/mol. The molecule has 0 fully saturated rings. The summed E-state index contributed by atoms with van der Waals surface area (Å²) in [4.78, 5) is 11.0. The zero-order chi connectivity index (χ0) is 20.2. The van der Waals surface area contributed by atoms with Crippen molar-refractivity contribution in [2.24, 2.45) is 0 Å². The average Bonchev–Trinajstić information content (AvgIpc) is 2.48. The van der Waals surface area contributed by atoms with Crippen molar-refractivity contribution in [1.82, 2.24) is 4.72 Å². The van der Waals surface area contributed by atoms with Gasteiger partial charge in [0.25, 0.3) is 0 Å². The molecule has 0 heterocycles. The molecule has 11 heteroatoms. The van der Waals surface area contributed by atoms with E-state index in [0.717, 1.165) is 19.2 Å². The van der Waals surface area contributed by atoms with Crippen LogP contribution in [-0.4, -0.2) is 46.1 Å². The maximum absolute atomic E-state index is 12.5. The molecule has 1 atom stereocenters. The Morgan fingerprint density at radius 2 is 1.77 bits per heavy atom. The van der Waals surface area contributed by atoms with Crippen LogP contribution in [0.25, 0.3) is 0 Å². The topological polar surface area (TPSA) is 90.9 Å². The fraction of sp³-hybridized carbons (Fsp3) is 0.533. The van der Waals surface area contributed by atoms with E-state index < -0.39 is 44.6 Å². The summed E-state index contributed by atoms with van der Waals surface area (Å²) in [6.45, 7) is 4.67. The van der Waals surface area contributed by atoms with Crippen LogP contribution in [0.2, 0.25) is 0 Å². The van der Waals surface area contributed by atoms with E-state index in [1.807, 2.05) is 4.72 Å². The summed E-state index contributed by atoms with van der Waals surface area (Å²) in [7, 11) is -3.50. The van der Waals surface area contributed by atoms with Gasteiger partial charge in [-0.05, 0) is 32.9 Å². The molecule has 1 aromatic rings. The molecule has 0 amide bonds. The van der Waals surface area contributed by atoms with E-state index in [9.17, 15) is 26.4 Å². The predicted molar refractivity (Wildman–Crippen MR) is 85.0 cm³/mol. The van der Waals surface area contributed by atoms with Crippen molar-refractivity contribution < 1.29 is 40.6 Å². The molecule has 0 saturated heterocycles. The van der Waals surface area contributed by atoms with Crippen LogP contribution < -0.4 is 9.46 Å². The monoisotopic (exact) mass is 399 g/mol. The van der Waals surface area contributed by atoms with Crippen molar-refractivity contribution in [2.75, 3.05) is 13.7 Å². The van der Waals surface area contributed by atoms with E-state index in [1.165, 1.54) is 12.1 Å². The number of methoxy groups -OCH3 is 1. The molecule has 0 spiro atoms. The number of sulfonamides is 1. The highest BCUT2D eigenvalue weighted by Crippen LogP contribution is 2.29. The minimum Gasteiger partial charge on any atom is -0.468 e. The summed E-state index contributed by atoms with van der Waals surface area (Å²) in [6, 6.07) is 2.71. The SMILES string of the molecule is COC(=O)C(COC(C)(C)C)NS(=O)(=O)c1ccccc1OC(F)(F)F. The average molecular weight is 399 g/mol. The minimum absolute atomic E-state index is 0.377. The Kier molecular flexibility index (Phi) is 7.02. The van der Waals surface area contributed by atoms with Crippen molar-refractivity contribution in [2.45, 2.75) is 43.7 Å². The largest absolute Gasteiger partial charge is 0.573 e. The Bertz CT molecular complexity index is 728. The van der Waals surface area contributed by atoms with Crippen molar-refractivity contribution in [3.8, 4) is 5.75 Å². The summed E-state index contributed by atoms with van der Waals surface area (Å²) in [5.41, 5.74) is -0.685. The Hall–Kier alpha value is -1.85. The highest BCUT2D eigenvalue weighted by atomic mass is 32.2. The van der Waals surface area contributed by atoms with Gasteiger partial charge in [-0.3, -0.25) is 4.79 Å². The number of hydrogen-bond acceptors (Lipinski definition) is 6. The summed E-state index contributed by atoms with van der Waals surface area (Å²) >= 11 is 0. The van der Waals surface area contributed by atoms with Crippen LogP contribution >= 0.6 is 0 Å². The molecule has 1 unspecified atom stereocenters. The molecule has 7 nitrogen and oxygen atoms in total. The third-order valence-electron chi connectivity index (χ3n) is 2.83. The Morgan fingerprint density at radius 3 is 2.27 bits per heavy atom. The first kappa shape index (κ1) is 22.2. The van der Waals surface area contributed by atoms with Gasteiger partial charge in [-0.25, -0.2) is 8.42 Å². The molecule has 0 saturated carbocycles. The van der Waals surface area contributed by atoms with Crippen LogP contribution in [0.5, 0.6) is 5.75 Å². The number of hydrogen-bond donors (Lipinski definition) is 1. The van der Waals surface area contributed by atoms with Gasteiger partial charge in [0, 0.05) is 0 Å². The van der Waals surface area contributed by atoms with Gasteiger partial charge >= 0.3 is 12.3 Å². The number of nitrogens with one attached hydrogen (secondary N) is 1. The number of esters is 1. The number of rotatable bonds is 7. The van der Waals surface area contributed by atoms with Crippen molar-refractivity contribution in [3.05, 3.63) is 24.3 Å². The van der Waals surface area contributed by atoms with Gasteiger partial charge in [0.15, 0.2) is 0 Å². The zero-order valence-corrected chi connectivity index (χ0v) is 15.4. The van der Waals surface area contributed by atoms with Crippen LogP contribution in [0.3, 0.4) is 0 Å². The molecule has 1 aromatic carbocycles. The van der Waals surface area contributed by atoms with Gasteiger partial charge in [0.1, 0.15) is 16.7 Å². The van der Waals surface area contributed by atoms with Crippen molar-refractivity contribution in [3.63, 3.8) is 0 Å². The zero-order valence-electron chi connectivity index (χ0n) is 14.6. The molecule has 1 rings (SSSR count). The summed E-state index contributed by atoms with van der Waals surface area (Å²) < 4.78 is 78.0. The van der Waals surface area contributed by atoms with Gasteiger partial charge in [-0.1, -0.05) is 12.1 Å². The van der Waals surface area contributed by atoms with E-state index in [-0.39, 0.29) is 6.61 Å². The van der Waals surface area contributed by atoms with E-state index in [0.29, 0.717) is 0 Å². The van der Waals surface area contributed by atoms with Crippen LogP contribution in [0.4, 0.5) is 13.2 Å². The number of para-hydroxylation sites is 1. The lowest BCUT2D eigenvalue weighted by Gasteiger charge is -2.24. The van der Waals surface area contributed by atoms with Gasteiger partial charge in [-0.2, -0.15) is 4.72 Å². The molecular formula is C15H20F3NO6S. The quantitative estimate of drug-likeness (QED) is 0.707. The summed E-state index contributed by atoms with van der Waals surface area (Å²) in [6.07, 6.45) is -5.08. The number of carbonyl (C=O) groups excluding carboxylic acids is 1. The third-order valence-corrected chi connectivity index (χ3v) is 4.34. The number of halogens is 3. The van der Waals surface area contributed by atoms with Crippen LogP contribution in [-0.2, 0) is 24.3 Å². The Balaban J connectivity index is 3.13. The van der Waals surface area contributed by atoms with E-state index >= 15 is 0 Å². The summed E-state index contributed by atoms with van der Waals surface area (Å²) in [5.74, 6) is -1.88. The Morgan fingerprint density at radius 1 is 1.19 bits per heavy atom. The standard InChI is InChI=1S/C15H20F3NO6S/c1-14(2,3)24-9-10(13(20)23-4)19-26(21,22)12-8-6-5-7-11(12)25-15(16,17)18/h5-8,10,19H,9H2,1-4H3. The van der Waals surface area contributed by atoms with Crippen LogP contribution in [0.1, 0.15) is 20.8 Å². The molecule has 0 aliphatic carbocycles. The molecule has 0 aliphatic heterocycles. The van der Waals surface area contributed by atoms with Gasteiger partial charge in [0.2, 0.25) is 10.0 Å². The molecule has 0 radical (unpaired) electrons. The minimum atomic E-state index is -5.08. The van der Waals surface area contributed by atoms with Crippen molar-refractivity contribution in [1.29, 1.82) is 0 Å². The highest BCUT2D eigenvalue weighted by Gasteiger charge is 2.35. The van der Waals surface area contributed by atoms with E-state index in [4.69, 9.17) is 4.74 Å². The van der Waals surface area contributed by atoms with Gasteiger partial charge < -0.3 is 14.2 Å². The lowest BCUT2D eigenvalue weighted by atomic mass is 10.2. The molecule has 148 valence electrons. The maximum atomic E-state index is 12.5. The fourth-order valence-corrected chi connectivity index (χ4v) is 3.06. The van der Waals surface area contributed by atoms with E-state index in [1.54, 1.807) is 20.8 Å². The van der Waals surface area contributed by atoms with Gasteiger partial charge in [0.05, 0.1) is 19.3 Å². The number of ether oxygens (including phenoxy) is 3. The van der Waals surface area contributed by atoms with Crippen LogP contribution in [0.15, 0.2) is 29.2 Å². The maximum Gasteiger partial charge on any atom is 0.573 e. The second kappa shape index (κ2) is 8.23. The lowest BCUT2D eigenvalue weighted by Crippen LogP contribution is -2.46. The second-order valence-electron chi connectivity index (χ2n) is 6.11. The molecule has 0 aromatic heterocycles. The predicted octanol–water partition coefficient (Wildman–Crippen LogP) is 2.22. The normalized spacial score (nSPS) is 14.0. The van der Waals surface area contributed by atoms with Crippen molar-refractivity contribution >= 4 is 16.0 Å². The number of alkyl halides is 3. The third kappa shape index (κ3) is 7.18. The first-order chi connectivity index (χ1) is 11.7. The molecule has 26 heavy (non-hydrogen) atoms. The number of carbonyl (C=O) groups is 1. The second-order valence-corrected chi connectivity index (χ2v) is 7.80. The van der Waals surface area contributed by atoms with Crippen LogP contribution in [0, 0.1) is 0 Å². The first-order valence-corrected chi connectivity index (χ1v) is 8.82. The summed E-state index contributed by atoms with van der Waals surface area (Å²) in [5, 5.41) is 0. The molecule has 0 aliphatic rings. The molecule has 0 bridgehead atoms. The lowest BCUT2D eigenvalue weighted by molar-refractivity contribution is -0.275.